The zero-order valence-electron chi connectivity index (χ0n) is 12.2. The van der Waals surface area contributed by atoms with Gasteiger partial charge in [-0.05, 0) is 33.6 Å². The third-order valence-corrected chi connectivity index (χ3v) is 2.90. The van der Waals surface area contributed by atoms with Gasteiger partial charge in [0.15, 0.2) is 0 Å². The Morgan fingerprint density at radius 3 is 2.50 bits per heavy atom. The Kier molecular flexibility index (Phi) is 4.28. The molecule has 0 saturated carbocycles. The molecular formula is C13H25NO4. The fraction of sp³-hybridized carbons (Fsp3) is 0.923. The number of rotatable bonds is 2. The van der Waals surface area contributed by atoms with E-state index >= 15 is 0 Å². The van der Waals surface area contributed by atoms with E-state index in [0.717, 1.165) is 0 Å². The predicted molar refractivity (Wildman–Crippen MR) is 68.1 cm³/mol. The lowest BCUT2D eigenvalue weighted by Gasteiger charge is -2.37. The average Bonchev–Trinajstić information content (AvgIpc) is 2.54. The van der Waals surface area contributed by atoms with Gasteiger partial charge in [0.1, 0.15) is 11.8 Å². The third-order valence-electron chi connectivity index (χ3n) is 2.90. The normalized spacial score (nSPS) is 28.9. The standard InChI is InChI=1S/C13H25NO4/c1-9(2)10-14(11(16)18-12(3,4)5)13(6,7-15)8-17-10/h9-10,15H,7-8H2,1-6H3/t10-,13+/m1/s1. The summed E-state index contributed by atoms with van der Waals surface area (Å²) in [7, 11) is 0. The summed E-state index contributed by atoms with van der Waals surface area (Å²) in [6.45, 7) is 11.4. The summed E-state index contributed by atoms with van der Waals surface area (Å²) in [6, 6.07) is 0. The molecule has 1 aliphatic rings. The lowest BCUT2D eigenvalue weighted by atomic mass is 10.0. The fourth-order valence-electron chi connectivity index (χ4n) is 1.96. The van der Waals surface area contributed by atoms with E-state index in [4.69, 9.17) is 9.47 Å². The van der Waals surface area contributed by atoms with E-state index in [1.54, 1.807) is 6.92 Å². The molecule has 1 N–H and O–H groups in total. The molecule has 1 fully saturated rings. The first-order valence-electron chi connectivity index (χ1n) is 6.35. The van der Waals surface area contributed by atoms with Crippen molar-refractivity contribution >= 4 is 6.09 Å². The number of hydrogen-bond donors (Lipinski definition) is 1. The zero-order valence-corrected chi connectivity index (χ0v) is 12.2. The topological polar surface area (TPSA) is 59.0 Å². The Balaban J connectivity index is 2.94. The molecule has 0 radical (unpaired) electrons. The van der Waals surface area contributed by atoms with Crippen LogP contribution in [0.5, 0.6) is 0 Å². The van der Waals surface area contributed by atoms with Crippen LogP contribution in [0.4, 0.5) is 4.79 Å². The monoisotopic (exact) mass is 259 g/mol. The van der Waals surface area contributed by atoms with Gasteiger partial charge in [0.25, 0.3) is 0 Å². The molecule has 106 valence electrons. The third kappa shape index (κ3) is 3.14. The van der Waals surface area contributed by atoms with Gasteiger partial charge in [0, 0.05) is 0 Å². The minimum atomic E-state index is -0.711. The molecule has 0 bridgehead atoms. The lowest BCUT2D eigenvalue weighted by Crippen LogP contribution is -2.54. The molecule has 1 amide bonds. The molecule has 18 heavy (non-hydrogen) atoms. The van der Waals surface area contributed by atoms with Gasteiger partial charge >= 0.3 is 6.09 Å². The molecule has 0 spiro atoms. The Hall–Kier alpha value is -0.810. The molecule has 2 atom stereocenters. The Labute approximate surface area is 109 Å². The quantitative estimate of drug-likeness (QED) is 0.824. The van der Waals surface area contributed by atoms with E-state index in [9.17, 15) is 9.90 Å². The first-order chi connectivity index (χ1) is 8.10. The van der Waals surface area contributed by atoms with Crippen molar-refractivity contribution in [1.82, 2.24) is 4.90 Å². The van der Waals surface area contributed by atoms with E-state index in [2.05, 4.69) is 0 Å². The smallest absolute Gasteiger partial charge is 0.412 e. The molecule has 5 heteroatoms. The summed E-state index contributed by atoms with van der Waals surface area (Å²) in [4.78, 5) is 13.8. The van der Waals surface area contributed by atoms with Crippen molar-refractivity contribution in [3.05, 3.63) is 0 Å². The van der Waals surface area contributed by atoms with E-state index in [1.165, 1.54) is 4.90 Å². The molecule has 0 aliphatic carbocycles. The SMILES string of the molecule is CC(C)[C@H]1OC[C@](C)(CO)N1C(=O)OC(C)(C)C. The van der Waals surface area contributed by atoms with Gasteiger partial charge in [-0.3, -0.25) is 4.90 Å². The van der Waals surface area contributed by atoms with Gasteiger partial charge in [0.2, 0.25) is 0 Å². The summed E-state index contributed by atoms with van der Waals surface area (Å²) in [6.07, 6.45) is -0.785. The maximum Gasteiger partial charge on any atom is 0.412 e. The number of ether oxygens (including phenoxy) is 2. The number of carbonyl (C=O) groups excluding carboxylic acids is 1. The highest BCUT2D eigenvalue weighted by molar-refractivity contribution is 5.70. The van der Waals surface area contributed by atoms with Gasteiger partial charge in [-0.2, -0.15) is 0 Å². The van der Waals surface area contributed by atoms with Crippen LogP contribution in [0.3, 0.4) is 0 Å². The second-order valence-corrected chi connectivity index (χ2v) is 6.45. The van der Waals surface area contributed by atoms with Crippen LogP contribution in [-0.4, -0.2) is 46.7 Å². The van der Waals surface area contributed by atoms with Crippen molar-refractivity contribution in [3.63, 3.8) is 0 Å². The van der Waals surface area contributed by atoms with Gasteiger partial charge in [-0.15, -0.1) is 0 Å². The van der Waals surface area contributed by atoms with Gasteiger partial charge < -0.3 is 14.6 Å². The van der Waals surface area contributed by atoms with Crippen molar-refractivity contribution in [2.45, 2.75) is 58.9 Å². The van der Waals surface area contributed by atoms with Gasteiger partial charge in [0.05, 0.1) is 18.8 Å². The van der Waals surface area contributed by atoms with Crippen LogP contribution in [0.15, 0.2) is 0 Å². The summed E-state index contributed by atoms with van der Waals surface area (Å²) in [5.41, 5.74) is -1.27. The first-order valence-corrected chi connectivity index (χ1v) is 6.35. The van der Waals surface area contributed by atoms with Crippen LogP contribution >= 0.6 is 0 Å². The molecule has 1 saturated heterocycles. The molecule has 0 aromatic carbocycles. The molecule has 1 aliphatic heterocycles. The average molecular weight is 259 g/mol. The van der Waals surface area contributed by atoms with Crippen LogP contribution in [0.1, 0.15) is 41.5 Å². The van der Waals surface area contributed by atoms with Crippen molar-refractivity contribution in [3.8, 4) is 0 Å². The molecule has 0 unspecified atom stereocenters. The lowest BCUT2D eigenvalue weighted by molar-refractivity contribution is -0.0414. The van der Waals surface area contributed by atoms with Gasteiger partial charge in [-0.25, -0.2) is 4.79 Å². The number of aliphatic hydroxyl groups excluding tert-OH is 1. The minimum Gasteiger partial charge on any atom is -0.444 e. The zero-order chi connectivity index (χ0) is 14.1. The predicted octanol–water partition coefficient (Wildman–Crippen LogP) is 1.99. The number of carbonyl (C=O) groups is 1. The second kappa shape index (κ2) is 5.05. The maximum absolute atomic E-state index is 12.3. The Morgan fingerprint density at radius 2 is 2.11 bits per heavy atom. The number of aliphatic hydroxyl groups is 1. The van der Waals surface area contributed by atoms with Crippen molar-refractivity contribution in [1.29, 1.82) is 0 Å². The van der Waals surface area contributed by atoms with Crippen LogP contribution in [0, 0.1) is 5.92 Å². The van der Waals surface area contributed by atoms with E-state index in [0.29, 0.717) is 6.61 Å². The fourth-order valence-corrected chi connectivity index (χ4v) is 1.96. The molecule has 1 rings (SSSR count). The van der Waals surface area contributed by atoms with E-state index in [1.807, 2.05) is 34.6 Å². The van der Waals surface area contributed by atoms with Crippen molar-refractivity contribution < 1.29 is 19.4 Å². The first kappa shape index (κ1) is 15.2. The number of amides is 1. The van der Waals surface area contributed by atoms with E-state index in [-0.39, 0.29) is 18.8 Å². The summed E-state index contributed by atoms with van der Waals surface area (Å²) in [5.74, 6) is 0.144. The number of hydrogen-bond acceptors (Lipinski definition) is 4. The summed E-state index contributed by atoms with van der Waals surface area (Å²) < 4.78 is 11.0. The van der Waals surface area contributed by atoms with Crippen LogP contribution in [0.2, 0.25) is 0 Å². The molecule has 1 heterocycles. The van der Waals surface area contributed by atoms with Crippen LogP contribution in [-0.2, 0) is 9.47 Å². The highest BCUT2D eigenvalue weighted by atomic mass is 16.6. The maximum atomic E-state index is 12.3. The van der Waals surface area contributed by atoms with Crippen LogP contribution in [0.25, 0.3) is 0 Å². The Morgan fingerprint density at radius 1 is 1.56 bits per heavy atom. The second-order valence-electron chi connectivity index (χ2n) is 6.45. The van der Waals surface area contributed by atoms with Gasteiger partial charge in [-0.1, -0.05) is 13.8 Å². The summed E-state index contributed by atoms with van der Waals surface area (Å²) >= 11 is 0. The van der Waals surface area contributed by atoms with E-state index < -0.39 is 17.2 Å². The molecule has 0 aromatic heterocycles. The number of nitrogens with zero attached hydrogens (tertiary/aromatic N) is 1. The van der Waals surface area contributed by atoms with Crippen molar-refractivity contribution in [2.75, 3.05) is 13.2 Å². The Bertz CT molecular complexity index is 311. The highest BCUT2D eigenvalue weighted by Crippen LogP contribution is 2.32. The van der Waals surface area contributed by atoms with Crippen LogP contribution < -0.4 is 0 Å². The summed E-state index contributed by atoms with van der Waals surface area (Å²) in [5, 5.41) is 9.51. The highest BCUT2D eigenvalue weighted by Gasteiger charge is 2.49. The molecule has 5 nitrogen and oxygen atoms in total. The minimum absolute atomic E-state index is 0.143. The molecule has 0 aromatic rings. The largest absolute Gasteiger partial charge is 0.444 e. The molecular weight excluding hydrogens is 234 g/mol. The van der Waals surface area contributed by atoms with Crippen molar-refractivity contribution in [2.24, 2.45) is 5.92 Å².